The van der Waals surface area contributed by atoms with Crippen molar-refractivity contribution in [2.45, 2.75) is 44.6 Å². The van der Waals surface area contributed by atoms with Crippen LogP contribution in [0.15, 0.2) is 0 Å². The Morgan fingerprint density at radius 1 is 1.04 bits per heavy atom. The second-order valence-electron chi connectivity index (χ2n) is 7.12. The van der Waals surface area contributed by atoms with E-state index >= 15 is 0 Å². The van der Waals surface area contributed by atoms with Crippen molar-refractivity contribution in [2.75, 3.05) is 50.8 Å². The minimum atomic E-state index is 0. The SMILES string of the molecule is Cl.Cl.O=C(CC1CSCCN1)N1CCN(CC2CCCCC2)CC1. The Labute approximate surface area is 163 Å². The zero-order chi connectivity index (χ0) is 15.2. The molecular formula is C17H33Cl2N3OS. The minimum Gasteiger partial charge on any atom is -0.340 e. The third-order valence-corrected chi connectivity index (χ3v) is 6.52. The van der Waals surface area contributed by atoms with Gasteiger partial charge in [-0.2, -0.15) is 11.8 Å². The van der Waals surface area contributed by atoms with Gasteiger partial charge in [0, 0.05) is 63.2 Å². The summed E-state index contributed by atoms with van der Waals surface area (Å²) in [6.45, 7) is 6.35. The van der Waals surface area contributed by atoms with Crippen molar-refractivity contribution in [3.63, 3.8) is 0 Å². The van der Waals surface area contributed by atoms with Gasteiger partial charge in [-0.05, 0) is 18.8 Å². The van der Waals surface area contributed by atoms with Gasteiger partial charge in [0.2, 0.25) is 5.91 Å². The predicted molar refractivity (Wildman–Crippen MR) is 108 cm³/mol. The molecule has 0 spiro atoms. The molecule has 2 heterocycles. The van der Waals surface area contributed by atoms with E-state index in [1.54, 1.807) is 0 Å². The number of carbonyl (C=O) groups excluding carboxylic acids is 1. The first-order valence-corrected chi connectivity index (χ1v) is 10.3. The fraction of sp³-hybridized carbons (Fsp3) is 0.941. The number of nitrogens with zero attached hydrogens (tertiary/aromatic N) is 2. The lowest BCUT2D eigenvalue weighted by Crippen LogP contribution is -2.51. The van der Waals surface area contributed by atoms with Crippen molar-refractivity contribution in [1.29, 1.82) is 0 Å². The Bertz CT molecular complexity index is 356. The van der Waals surface area contributed by atoms with Gasteiger partial charge in [0.05, 0.1) is 0 Å². The zero-order valence-electron chi connectivity index (χ0n) is 14.6. The van der Waals surface area contributed by atoms with Crippen LogP contribution >= 0.6 is 36.6 Å². The highest BCUT2D eigenvalue weighted by molar-refractivity contribution is 7.99. The molecule has 0 radical (unpaired) electrons. The quantitative estimate of drug-likeness (QED) is 0.790. The Morgan fingerprint density at radius 2 is 1.75 bits per heavy atom. The highest BCUT2D eigenvalue weighted by Gasteiger charge is 2.25. The number of nitrogens with one attached hydrogen (secondary N) is 1. The topological polar surface area (TPSA) is 35.6 Å². The van der Waals surface area contributed by atoms with Crippen molar-refractivity contribution in [3.8, 4) is 0 Å². The monoisotopic (exact) mass is 397 g/mol. The first-order chi connectivity index (χ1) is 10.8. The Balaban J connectivity index is 0.00000144. The van der Waals surface area contributed by atoms with E-state index in [0.717, 1.165) is 44.4 Å². The van der Waals surface area contributed by atoms with E-state index in [-0.39, 0.29) is 24.8 Å². The highest BCUT2D eigenvalue weighted by Crippen LogP contribution is 2.24. The third-order valence-electron chi connectivity index (χ3n) is 5.39. The molecule has 3 fully saturated rings. The van der Waals surface area contributed by atoms with Crippen LogP contribution in [0.4, 0.5) is 0 Å². The summed E-state index contributed by atoms with van der Waals surface area (Å²) < 4.78 is 0. The molecule has 1 aliphatic carbocycles. The molecule has 0 aromatic heterocycles. The maximum atomic E-state index is 12.4. The van der Waals surface area contributed by atoms with E-state index in [4.69, 9.17) is 0 Å². The largest absolute Gasteiger partial charge is 0.340 e. The van der Waals surface area contributed by atoms with Crippen molar-refractivity contribution in [2.24, 2.45) is 5.92 Å². The number of hydrogen-bond donors (Lipinski definition) is 1. The lowest BCUT2D eigenvalue weighted by molar-refractivity contribution is -0.133. The maximum Gasteiger partial charge on any atom is 0.224 e. The Hall–Kier alpha value is 0.320. The average molecular weight is 398 g/mol. The van der Waals surface area contributed by atoms with Crippen LogP contribution in [-0.2, 0) is 4.79 Å². The molecule has 7 heteroatoms. The molecule has 2 aliphatic heterocycles. The first-order valence-electron chi connectivity index (χ1n) is 9.12. The van der Waals surface area contributed by atoms with Gasteiger partial charge in [-0.3, -0.25) is 9.69 Å². The van der Waals surface area contributed by atoms with E-state index in [2.05, 4.69) is 15.1 Å². The van der Waals surface area contributed by atoms with Crippen LogP contribution in [0.25, 0.3) is 0 Å². The number of hydrogen-bond acceptors (Lipinski definition) is 4. The average Bonchev–Trinajstić information content (AvgIpc) is 2.57. The molecule has 1 atom stereocenters. The van der Waals surface area contributed by atoms with Gasteiger partial charge < -0.3 is 10.2 Å². The molecule has 1 unspecified atom stereocenters. The number of carbonyl (C=O) groups is 1. The molecule has 1 saturated carbocycles. The van der Waals surface area contributed by atoms with Gasteiger partial charge >= 0.3 is 0 Å². The second kappa shape index (κ2) is 11.8. The van der Waals surface area contributed by atoms with E-state index in [0.29, 0.717) is 18.4 Å². The van der Waals surface area contributed by atoms with Gasteiger partial charge in [0.25, 0.3) is 0 Å². The Kier molecular flexibility index (Phi) is 11.0. The normalized spacial score (nSPS) is 26.3. The van der Waals surface area contributed by atoms with E-state index < -0.39 is 0 Å². The predicted octanol–water partition coefficient (Wildman–Crippen LogP) is 2.65. The molecule has 24 heavy (non-hydrogen) atoms. The Morgan fingerprint density at radius 3 is 2.38 bits per heavy atom. The van der Waals surface area contributed by atoms with Crippen LogP contribution in [0.2, 0.25) is 0 Å². The molecule has 1 amide bonds. The molecule has 0 bridgehead atoms. The molecule has 1 N–H and O–H groups in total. The van der Waals surface area contributed by atoms with Crippen LogP contribution in [0.1, 0.15) is 38.5 Å². The highest BCUT2D eigenvalue weighted by atomic mass is 35.5. The van der Waals surface area contributed by atoms with Crippen LogP contribution in [0, 0.1) is 5.92 Å². The fourth-order valence-electron chi connectivity index (χ4n) is 4.01. The van der Waals surface area contributed by atoms with Crippen LogP contribution in [-0.4, -0.2) is 72.5 Å². The van der Waals surface area contributed by atoms with Crippen LogP contribution < -0.4 is 5.32 Å². The summed E-state index contributed by atoms with van der Waals surface area (Å²) in [6, 6.07) is 0.395. The summed E-state index contributed by atoms with van der Waals surface area (Å²) in [5.74, 6) is 3.55. The van der Waals surface area contributed by atoms with Crippen molar-refractivity contribution >= 4 is 42.5 Å². The van der Waals surface area contributed by atoms with Crippen LogP contribution in [0.5, 0.6) is 0 Å². The summed E-state index contributed by atoms with van der Waals surface area (Å²) >= 11 is 1.97. The van der Waals surface area contributed by atoms with Crippen LogP contribution in [0.3, 0.4) is 0 Å². The number of amides is 1. The van der Waals surface area contributed by atoms with Gasteiger partial charge in [-0.1, -0.05) is 19.3 Å². The molecule has 142 valence electrons. The van der Waals surface area contributed by atoms with Gasteiger partial charge in [0.15, 0.2) is 0 Å². The van der Waals surface area contributed by atoms with Crippen molar-refractivity contribution in [1.82, 2.24) is 15.1 Å². The van der Waals surface area contributed by atoms with Gasteiger partial charge in [-0.15, -0.1) is 24.8 Å². The number of rotatable bonds is 4. The summed E-state index contributed by atoms with van der Waals surface area (Å²) in [7, 11) is 0. The van der Waals surface area contributed by atoms with Gasteiger partial charge in [-0.25, -0.2) is 0 Å². The van der Waals surface area contributed by atoms with Crippen molar-refractivity contribution < 1.29 is 4.79 Å². The smallest absolute Gasteiger partial charge is 0.224 e. The second-order valence-corrected chi connectivity index (χ2v) is 8.27. The van der Waals surface area contributed by atoms with E-state index in [1.807, 2.05) is 11.8 Å². The lowest BCUT2D eigenvalue weighted by Gasteiger charge is -2.38. The molecule has 3 rings (SSSR count). The summed E-state index contributed by atoms with van der Waals surface area (Å²) in [5, 5.41) is 3.47. The van der Waals surface area contributed by atoms with Gasteiger partial charge in [0.1, 0.15) is 0 Å². The summed E-state index contributed by atoms with van der Waals surface area (Å²) in [6.07, 6.45) is 7.82. The number of piperazine rings is 1. The molecule has 2 saturated heterocycles. The summed E-state index contributed by atoms with van der Waals surface area (Å²) in [4.78, 5) is 17.1. The van der Waals surface area contributed by atoms with E-state index in [9.17, 15) is 4.79 Å². The lowest BCUT2D eigenvalue weighted by atomic mass is 9.89. The third kappa shape index (κ3) is 6.91. The maximum absolute atomic E-state index is 12.4. The summed E-state index contributed by atoms with van der Waals surface area (Å²) in [5.41, 5.74) is 0. The number of thioether (sulfide) groups is 1. The first kappa shape index (κ1) is 22.4. The van der Waals surface area contributed by atoms with E-state index in [1.165, 1.54) is 44.4 Å². The minimum absolute atomic E-state index is 0. The standard InChI is InChI=1S/C17H31N3OS.2ClH/c21-17(12-16-14-22-11-6-18-16)20-9-7-19(8-10-20)13-15-4-2-1-3-5-15;;/h15-16,18H,1-14H2;2*1H. The fourth-order valence-corrected chi connectivity index (χ4v) is 4.95. The molecule has 3 aliphatic rings. The zero-order valence-corrected chi connectivity index (χ0v) is 17.0. The number of halogens is 2. The van der Waals surface area contributed by atoms with Crippen molar-refractivity contribution in [3.05, 3.63) is 0 Å². The molecule has 0 aromatic carbocycles. The molecule has 0 aromatic rings. The molecule has 4 nitrogen and oxygen atoms in total. The molecular weight excluding hydrogens is 365 g/mol.